The third-order valence-corrected chi connectivity index (χ3v) is 4.53. The van der Waals surface area contributed by atoms with Crippen LogP contribution in [-0.2, 0) is 6.54 Å². The van der Waals surface area contributed by atoms with Crippen LogP contribution in [0.15, 0.2) is 18.2 Å². The van der Waals surface area contributed by atoms with Gasteiger partial charge >= 0.3 is 6.01 Å². The molecular weight excluding hydrogens is 362 g/mol. The molecule has 1 saturated heterocycles. The first kappa shape index (κ1) is 19.7. The maximum Gasteiger partial charge on any atom is 0.321 e. The largest absolute Gasteiger partial charge is 0.493 e. The second-order valence-electron chi connectivity index (χ2n) is 6.31. The Bertz CT molecular complexity index is 824. The highest BCUT2D eigenvalue weighted by Crippen LogP contribution is 2.30. The first-order valence-electron chi connectivity index (χ1n) is 9.19. The van der Waals surface area contributed by atoms with Crippen LogP contribution in [0.25, 0.3) is 0 Å². The van der Waals surface area contributed by atoms with Gasteiger partial charge in [0.15, 0.2) is 17.3 Å². The number of benzene rings is 1. The number of methoxy groups -OCH3 is 3. The van der Waals surface area contributed by atoms with Crippen LogP contribution in [0.5, 0.6) is 17.5 Å². The number of carbonyl (C=O) groups excluding carboxylic acids is 1. The molecule has 1 aromatic heterocycles. The number of nitrogens with zero attached hydrogens (tertiary/aromatic N) is 4. The summed E-state index contributed by atoms with van der Waals surface area (Å²) in [4.78, 5) is 27.9. The zero-order chi connectivity index (χ0) is 19.9. The topological polar surface area (TPSA) is 98.7 Å². The van der Waals surface area contributed by atoms with Crippen LogP contribution >= 0.6 is 0 Å². The molecule has 150 valence electrons. The van der Waals surface area contributed by atoms with E-state index in [1.807, 2.05) is 0 Å². The van der Waals surface area contributed by atoms with Gasteiger partial charge in [-0.15, -0.1) is 0 Å². The van der Waals surface area contributed by atoms with Gasteiger partial charge in [-0.2, -0.15) is 15.0 Å². The van der Waals surface area contributed by atoms with E-state index in [2.05, 4.69) is 25.2 Å². The molecule has 1 amide bonds. The lowest BCUT2D eigenvalue weighted by atomic mass is 10.1. The Morgan fingerprint density at radius 1 is 1.04 bits per heavy atom. The Kier molecular flexibility index (Phi) is 6.46. The number of piperidine rings is 1. The molecule has 9 heteroatoms. The molecule has 9 nitrogen and oxygen atoms in total. The monoisotopic (exact) mass is 387 g/mol. The number of nitrogens with one attached hydrogen (secondary N) is 1. The van der Waals surface area contributed by atoms with Gasteiger partial charge in [0.25, 0.3) is 5.91 Å². The third-order valence-electron chi connectivity index (χ3n) is 4.53. The van der Waals surface area contributed by atoms with Crippen molar-refractivity contribution in [3.63, 3.8) is 0 Å². The molecular formula is C19H25N5O4. The SMILES string of the molecule is COc1nc(CNC(=O)c2cccc(OC)c2OC)nc(N2CCCCC2)n1. The molecule has 2 aromatic rings. The summed E-state index contributed by atoms with van der Waals surface area (Å²) >= 11 is 0. The van der Waals surface area contributed by atoms with Crippen molar-refractivity contribution in [1.82, 2.24) is 20.3 Å². The third kappa shape index (κ3) is 4.41. The lowest BCUT2D eigenvalue weighted by Crippen LogP contribution is -2.32. The van der Waals surface area contributed by atoms with Crippen molar-refractivity contribution in [3.8, 4) is 17.5 Å². The summed E-state index contributed by atoms with van der Waals surface area (Å²) in [5.41, 5.74) is 0.374. The predicted molar refractivity (Wildman–Crippen MR) is 103 cm³/mol. The normalized spacial score (nSPS) is 13.8. The Morgan fingerprint density at radius 3 is 2.50 bits per heavy atom. The zero-order valence-corrected chi connectivity index (χ0v) is 16.4. The van der Waals surface area contributed by atoms with Crippen LogP contribution in [0.1, 0.15) is 35.4 Å². The van der Waals surface area contributed by atoms with E-state index < -0.39 is 0 Å². The molecule has 0 saturated carbocycles. The van der Waals surface area contributed by atoms with Crippen molar-refractivity contribution < 1.29 is 19.0 Å². The standard InChI is InChI=1S/C19H25N5O4/c1-26-14-9-7-8-13(16(14)27-2)17(25)20-12-15-21-18(23-19(22-15)28-3)24-10-5-4-6-11-24/h7-9H,4-6,10-12H2,1-3H3,(H,20,25). The van der Waals surface area contributed by atoms with Gasteiger partial charge in [0.2, 0.25) is 5.95 Å². The number of amides is 1. The molecule has 0 aliphatic carbocycles. The fraction of sp³-hybridized carbons (Fsp3) is 0.474. The number of anilines is 1. The Hall–Kier alpha value is -3.10. The molecule has 1 aliphatic heterocycles. The fourth-order valence-corrected chi connectivity index (χ4v) is 3.11. The van der Waals surface area contributed by atoms with E-state index in [9.17, 15) is 4.79 Å². The Labute approximate surface area is 164 Å². The van der Waals surface area contributed by atoms with Gasteiger partial charge in [0.05, 0.1) is 33.4 Å². The molecule has 28 heavy (non-hydrogen) atoms. The summed E-state index contributed by atoms with van der Waals surface area (Å²) in [6.07, 6.45) is 3.43. The summed E-state index contributed by atoms with van der Waals surface area (Å²) < 4.78 is 15.8. The van der Waals surface area contributed by atoms with Gasteiger partial charge in [0, 0.05) is 13.1 Å². The van der Waals surface area contributed by atoms with E-state index in [1.54, 1.807) is 18.2 Å². The zero-order valence-electron chi connectivity index (χ0n) is 16.4. The van der Waals surface area contributed by atoms with Crippen molar-refractivity contribution in [2.75, 3.05) is 39.3 Å². The van der Waals surface area contributed by atoms with Crippen LogP contribution in [0.4, 0.5) is 5.95 Å². The van der Waals surface area contributed by atoms with Crippen LogP contribution < -0.4 is 24.4 Å². The summed E-state index contributed by atoms with van der Waals surface area (Å²) in [6, 6.07) is 5.37. The van der Waals surface area contributed by atoms with E-state index in [4.69, 9.17) is 14.2 Å². The van der Waals surface area contributed by atoms with E-state index in [0.717, 1.165) is 25.9 Å². The molecule has 0 unspecified atom stereocenters. The van der Waals surface area contributed by atoms with Gasteiger partial charge in [0.1, 0.15) is 0 Å². The molecule has 1 aromatic carbocycles. The minimum Gasteiger partial charge on any atom is -0.493 e. The van der Waals surface area contributed by atoms with Crippen LogP contribution in [0, 0.1) is 0 Å². The minimum atomic E-state index is -0.311. The lowest BCUT2D eigenvalue weighted by molar-refractivity contribution is 0.0946. The van der Waals surface area contributed by atoms with Gasteiger partial charge in [-0.25, -0.2) is 0 Å². The van der Waals surface area contributed by atoms with Gasteiger partial charge in [-0.3, -0.25) is 4.79 Å². The van der Waals surface area contributed by atoms with E-state index >= 15 is 0 Å². The number of aromatic nitrogens is 3. The van der Waals surface area contributed by atoms with Crippen LogP contribution in [0.3, 0.4) is 0 Å². The summed E-state index contributed by atoms with van der Waals surface area (Å²) in [5.74, 6) is 1.57. The van der Waals surface area contributed by atoms with Crippen molar-refractivity contribution in [2.24, 2.45) is 0 Å². The molecule has 0 bridgehead atoms. The van der Waals surface area contributed by atoms with Crippen LogP contribution in [0.2, 0.25) is 0 Å². The maximum absolute atomic E-state index is 12.6. The number of carbonyl (C=O) groups is 1. The maximum atomic E-state index is 12.6. The molecule has 1 N–H and O–H groups in total. The highest BCUT2D eigenvalue weighted by Gasteiger charge is 2.19. The molecule has 1 aliphatic rings. The number of para-hydroxylation sites is 1. The smallest absolute Gasteiger partial charge is 0.321 e. The molecule has 3 rings (SSSR count). The van der Waals surface area contributed by atoms with Crippen molar-refractivity contribution in [2.45, 2.75) is 25.8 Å². The minimum absolute atomic E-state index is 0.138. The van der Waals surface area contributed by atoms with E-state index in [0.29, 0.717) is 28.8 Å². The highest BCUT2D eigenvalue weighted by atomic mass is 16.5. The van der Waals surface area contributed by atoms with Crippen molar-refractivity contribution >= 4 is 11.9 Å². The lowest BCUT2D eigenvalue weighted by Gasteiger charge is -2.26. The average molecular weight is 387 g/mol. The molecule has 2 heterocycles. The summed E-state index contributed by atoms with van der Waals surface area (Å²) in [5, 5.41) is 2.82. The number of hydrogen-bond acceptors (Lipinski definition) is 8. The molecule has 0 radical (unpaired) electrons. The second kappa shape index (κ2) is 9.20. The fourth-order valence-electron chi connectivity index (χ4n) is 3.11. The molecule has 1 fully saturated rings. The number of ether oxygens (including phenoxy) is 3. The van der Waals surface area contributed by atoms with Gasteiger partial charge in [-0.05, 0) is 31.4 Å². The molecule has 0 atom stereocenters. The Morgan fingerprint density at radius 2 is 1.82 bits per heavy atom. The summed E-state index contributed by atoms with van der Waals surface area (Å²) in [7, 11) is 4.54. The summed E-state index contributed by atoms with van der Waals surface area (Å²) in [6.45, 7) is 1.94. The molecule has 0 spiro atoms. The van der Waals surface area contributed by atoms with Crippen molar-refractivity contribution in [1.29, 1.82) is 0 Å². The first-order chi connectivity index (χ1) is 13.7. The number of rotatable bonds is 7. The quantitative estimate of drug-likeness (QED) is 0.768. The van der Waals surface area contributed by atoms with Gasteiger partial charge in [-0.1, -0.05) is 6.07 Å². The van der Waals surface area contributed by atoms with Gasteiger partial charge < -0.3 is 24.4 Å². The number of hydrogen-bond donors (Lipinski definition) is 1. The van der Waals surface area contributed by atoms with E-state index in [-0.39, 0.29) is 18.5 Å². The van der Waals surface area contributed by atoms with Crippen molar-refractivity contribution in [3.05, 3.63) is 29.6 Å². The Balaban J connectivity index is 1.76. The first-order valence-corrected chi connectivity index (χ1v) is 9.19. The average Bonchev–Trinajstić information content (AvgIpc) is 2.77. The second-order valence-corrected chi connectivity index (χ2v) is 6.31. The highest BCUT2D eigenvalue weighted by molar-refractivity contribution is 5.97. The van der Waals surface area contributed by atoms with E-state index in [1.165, 1.54) is 27.8 Å². The van der Waals surface area contributed by atoms with Crippen LogP contribution in [-0.4, -0.2) is 55.3 Å². The predicted octanol–water partition coefficient (Wildman–Crippen LogP) is 1.82.